The molecule has 19 heavy (non-hydrogen) atoms. The van der Waals surface area contributed by atoms with E-state index >= 15 is 0 Å². The summed E-state index contributed by atoms with van der Waals surface area (Å²) < 4.78 is 7.59. The molecule has 0 unspecified atom stereocenters. The zero-order chi connectivity index (χ0) is 13.9. The van der Waals surface area contributed by atoms with Crippen LogP contribution in [0.15, 0.2) is 36.7 Å². The molecule has 4 nitrogen and oxygen atoms in total. The lowest BCUT2D eigenvalue weighted by molar-refractivity contribution is -0.00788. The highest BCUT2D eigenvalue weighted by molar-refractivity contribution is 5.63. The third-order valence-corrected chi connectivity index (χ3v) is 2.73. The number of aromatic nitrogens is 2. The Morgan fingerprint density at radius 3 is 2.47 bits per heavy atom. The minimum absolute atomic E-state index is 0.104. The smallest absolute Gasteiger partial charge is 0.0669 e. The van der Waals surface area contributed by atoms with E-state index in [-0.39, 0.29) is 5.60 Å². The van der Waals surface area contributed by atoms with Gasteiger partial charge in [0.25, 0.3) is 0 Å². The molecule has 102 valence electrons. The molecule has 2 N–H and O–H groups in total. The number of hydrogen-bond acceptors (Lipinski definition) is 3. The van der Waals surface area contributed by atoms with E-state index in [4.69, 9.17) is 10.5 Å². The fourth-order valence-electron chi connectivity index (χ4n) is 1.76. The van der Waals surface area contributed by atoms with E-state index in [1.807, 2.05) is 41.3 Å². The summed E-state index contributed by atoms with van der Waals surface area (Å²) in [6, 6.07) is 7.80. The van der Waals surface area contributed by atoms with Crippen molar-refractivity contribution in [1.82, 2.24) is 9.78 Å². The maximum Gasteiger partial charge on any atom is 0.0669 e. The lowest BCUT2D eigenvalue weighted by Crippen LogP contribution is -2.21. The lowest BCUT2D eigenvalue weighted by Gasteiger charge is -2.19. The van der Waals surface area contributed by atoms with Gasteiger partial charge in [-0.1, -0.05) is 12.1 Å². The van der Waals surface area contributed by atoms with E-state index < -0.39 is 0 Å². The van der Waals surface area contributed by atoms with E-state index in [1.165, 1.54) is 0 Å². The van der Waals surface area contributed by atoms with Crippen molar-refractivity contribution >= 4 is 5.69 Å². The molecule has 0 radical (unpaired) electrons. The molecule has 1 aromatic carbocycles. The van der Waals surface area contributed by atoms with Crippen molar-refractivity contribution in [2.45, 2.75) is 32.9 Å². The minimum Gasteiger partial charge on any atom is -0.399 e. The molecule has 2 aromatic rings. The van der Waals surface area contributed by atoms with Crippen LogP contribution in [0.5, 0.6) is 0 Å². The first kappa shape index (κ1) is 13.6. The van der Waals surface area contributed by atoms with Gasteiger partial charge in [-0.05, 0) is 38.5 Å². The summed E-state index contributed by atoms with van der Waals surface area (Å²) in [6.45, 7) is 7.57. The Hall–Kier alpha value is -1.81. The Balaban J connectivity index is 1.97. The molecular weight excluding hydrogens is 238 g/mol. The van der Waals surface area contributed by atoms with Gasteiger partial charge >= 0.3 is 0 Å². The summed E-state index contributed by atoms with van der Waals surface area (Å²) in [5.74, 6) is 0. The van der Waals surface area contributed by atoms with Crippen LogP contribution in [0.2, 0.25) is 0 Å². The van der Waals surface area contributed by atoms with Gasteiger partial charge in [0.15, 0.2) is 0 Å². The Bertz CT molecular complexity index is 523. The molecule has 0 saturated heterocycles. The van der Waals surface area contributed by atoms with Crippen LogP contribution in [0.4, 0.5) is 5.69 Å². The first-order valence-corrected chi connectivity index (χ1v) is 6.46. The summed E-state index contributed by atoms with van der Waals surface area (Å²) in [6.07, 6.45) is 3.89. The predicted octanol–water partition coefficient (Wildman–Crippen LogP) is 2.95. The van der Waals surface area contributed by atoms with Gasteiger partial charge in [-0.2, -0.15) is 5.10 Å². The fourth-order valence-corrected chi connectivity index (χ4v) is 1.76. The lowest BCUT2D eigenvalue weighted by atomic mass is 10.1. The van der Waals surface area contributed by atoms with Crippen LogP contribution in [-0.4, -0.2) is 22.0 Å². The van der Waals surface area contributed by atoms with Crippen molar-refractivity contribution in [3.8, 4) is 11.1 Å². The quantitative estimate of drug-likeness (QED) is 0.859. The van der Waals surface area contributed by atoms with Crippen LogP contribution in [0.1, 0.15) is 20.8 Å². The Morgan fingerprint density at radius 2 is 1.84 bits per heavy atom. The third-order valence-electron chi connectivity index (χ3n) is 2.73. The van der Waals surface area contributed by atoms with Crippen molar-refractivity contribution < 1.29 is 4.74 Å². The average Bonchev–Trinajstić information content (AvgIpc) is 2.77. The fraction of sp³-hybridized carbons (Fsp3) is 0.400. The molecule has 0 spiro atoms. The van der Waals surface area contributed by atoms with Gasteiger partial charge in [0.1, 0.15) is 0 Å². The van der Waals surface area contributed by atoms with Gasteiger partial charge in [0.05, 0.1) is 24.9 Å². The number of hydrogen-bond donors (Lipinski definition) is 1. The summed E-state index contributed by atoms with van der Waals surface area (Å²) in [5.41, 5.74) is 8.56. The van der Waals surface area contributed by atoms with E-state index in [0.717, 1.165) is 23.4 Å². The Morgan fingerprint density at radius 1 is 1.16 bits per heavy atom. The zero-order valence-electron chi connectivity index (χ0n) is 11.8. The van der Waals surface area contributed by atoms with Crippen molar-refractivity contribution in [2.24, 2.45) is 0 Å². The van der Waals surface area contributed by atoms with Crippen molar-refractivity contribution in [1.29, 1.82) is 0 Å². The van der Waals surface area contributed by atoms with Crippen molar-refractivity contribution in [2.75, 3.05) is 12.3 Å². The highest BCUT2D eigenvalue weighted by Gasteiger charge is 2.09. The summed E-state index contributed by atoms with van der Waals surface area (Å²) in [5, 5.41) is 4.34. The molecule has 0 aliphatic heterocycles. The molecular formula is C15H21N3O. The highest BCUT2D eigenvalue weighted by atomic mass is 16.5. The van der Waals surface area contributed by atoms with E-state index in [1.54, 1.807) is 0 Å². The van der Waals surface area contributed by atoms with Crippen LogP contribution < -0.4 is 5.73 Å². The molecule has 0 aliphatic carbocycles. The topological polar surface area (TPSA) is 53.1 Å². The highest BCUT2D eigenvalue weighted by Crippen LogP contribution is 2.19. The number of nitrogen functional groups attached to an aromatic ring is 1. The second-order valence-corrected chi connectivity index (χ2v) is 5.57. The van der Waals surface area contributed by atoms with Gasteiger partial charge in [0.2, 0.25) is 0 Å². The SMILES string of the molecule is CC(C)(C)OCCn1cc(-c2ccc(N)cc2)cn1. The molecule has 0 fully saturated rings. The van der Waals surface area contributed by atoms with Crippen LogP contribution in [0.3, 0.4) is 0 Å². The van der Waals surface area contributed by atoms with Crippen LogP contribution in [0.25, 0.3) is 11.1 Å². The molecule has 0 saturated carbocycles. The molecule has 0 aliphatic rings. The largest absolute Gasteiger partial charge is 0.399 e. The first-order chi connectivity index (χ1) is 8.94. The zero-order valence-corrected chi connectivity index (χ0v) is 11.8. The van der Waals surface area contributed by atoms with Crippen LogP contribution >= 0.6 is 0 Å². The Labute approximate surface area is 114 Å². The summed E-state index contributed by atoms with van der Waals surface area (Å²) >= 11 is 0. The van der Waals surface area contributed by atoms with Gasteiger partial charge in [-0.15, -0.1) is 0 Å². The van der Waals surface area contributed by atoms with E-state index in [2.05, 4.69) is 25.9 Å². The molecule has 0 atom stereocenters. The molecule has 1 aromatic heterocycles. The standard InChI is InChI=1S/C15H21N3O/c1-15(2,3)19-9-8-18-11-13(10-17-18)12-4-6-14(16)7-5-12/h4-7,10-11H,8-9,16H2,1-3H3. The number of nitrogens with zero attached hydrogens (tertiary/aromatic N) is 2. The van der Waals surface area contributed by atoms with Crippen LogP contribution in [-0.2, 0) is 11.3 Å². The number of benzene rings is 1. The van der Waals surface area contributed by atoms with Gasteiger partial charge in [-0.25, -0.2) is 0 Å². The third kappa shape index (κ3) is 4.10. The van der Waals surface area contributed by atoms with Gasteiger partial charge in [0, 0.05) is 17.4 Å². The second-order valence-electron chi connectivity index (χ2n) is 5.57. The summed E-state index contributed by atoms with van der Waals surface area (Å²) in [7, 11) is 0. The minimum atomic E-state index is -0.104. The van der Waals surface area contributed by atoms with Crippen molar-refractivity contribution in [3.63, 3.8) is 0 Å². The second kappa shape index (κ2) is 5.45. The average molecular weight is 259 g/mol. The summed E-state index contributed by atoms with van der Waals surface area (Å²) in [4.78, 5) is 0. The maximum absolute atomic E-state index is 5.69. The van der Waals surface area contributed by atoms with Crippen molar-refractivity contribution in [3.05, 3.63) is 36.7 Å². The first-order valence-electron chi connectivity index (χ1n) is 6.46. The predicted molar refractivity (Wildman–Crippen MR) is 77.8 cm³/mol. The number of anilines is 1. The number of nitrogens with two attached hydrogens (primary N) is 1. The maximum atomic E-state index is 5.69. The normalized spacial score (nSPS) is 11.7. The molecule has 0 amide bonds. The Kier molecular flexibility index (Phi) is 3.90. The van der Waals surface area contributed by atoms with Crippen LogP contribution in [0, 0.1) is 0 Å². The molecule has 2 rings (SSSR count). The van der Waals surface area contributed by atoms with Gasteiger partial charge < -0.3 is 10.5 Å². The molecule has 4 heteroatoms. The monoisotopic (exact) mass is 259 g/mol. The number of ether oxygens (including phenoxy) is 1. The number of rotatable bonds is 4. The molecule has 0 bridgehead atoms. The molecule has 1 heterocycles. The van der Waals surface area contributed by atoms with E-state index in [0.29, 0.717) is 6.61 Å². The van der Waals surface area contributed by atoms with Gasteiger partial charge in [-0.3, -0.25) is 4.68 Å². The van der Waals surface area contributed by atoms with E-state index in [9.17, 15) is 0 Å².